The number of aromatic amines is 1. The number of fused-ring (bicyclic) bond motifs is 3. The summed E-state index contributed by atoms with van der Waals surface area (Å²) in [6.07, 6.45) is -2.01. The van der Waals surface area contributed by atoms with Gasteiger partial charge in [-0.05, 0) is 24.4 Å². The van der Waals surface area contributed by atoms with Crippen molar-refractivity contribution in [2.45, 2.75) is 12.4 Å². The first-order valence-electron chi connectivity index (χ1n) is 5.30. The van der Waals surface area contributed by atoms with Crippen molar-refractivity contribution < 1.29 is 18.3 Å². The molecular weight excluding hydrogens is 245 g/mol. The monoisotopic (exact) mass is 254 g/mol. The summed E-state index contributed by atoms with van der Waals surface area (Å²) in [5, 5.41) is 13.0. The van der Waals surface area contributed by atoms with Crippen LogP contribution in [-0.4, -0.2) is 10.1 Å². The molecule has 1 aliphatic heterocycles. The fraction of sp³-hybridized carbons (Fsp3) is 0.167. The molecule has 1 aromatic carbocycles. The zero-order valence-corrected chi connectivity index (χ0v) is 9.05. The van der Waals surface area contributed by atoms with Crippen LogP contribution in [-0.2, 0) is 6.18 Å². The van der Waals surface area contributed by atoms with Gasteiger partial charge in [0, 0.05) is 16.5 Å². The van der Waals surface area contributed by atoms with Crippen LogP contribution in [0.3, 0.4) is 0 Å². The molecule has 1 unspecified atom stereocenters. The molecule has 2 heterocycles. The van der Waals surface area contributed by atoms with Crippen LogP contribution in [0.4, 0.5) is 13.2 Å². The number of rotatable bonds is 0. The van der Waals surface area contributed by atoms with E-state index in [0.717, 1.165) is 12.1 Å². The number of alkyl halides is 3. The van der Waals surface area contributed by atoms with Gasteiger partial charge in [0.15, 0.2) is 6.23 Å². The van der Waals surface area contributed by atoms with Crippen LogP contribution in [0, 0.1) is 0 Å². The highest BCUT2D eigenvalue weighted by molar-refractivity contribution is 5.91. The van der Waals surface area contributed by atoms with Gasteiger partial charge in [-0.2, -0.15) is 13.2 Å². The lowest BCUT2D eigenvalue weighted by Gasteiger charge is -2.14. The second-order valence-corrected chi connectivity index (χ2v) is 4.11. The fourth-order valence-corrected chi connectivity index (χ4v) is 2.12. The van der Waals surface area contributed by atoms with E-state index in [2.05, 4.69) is 10.3 Å². The molecule has 0 saturated carbocycles. The van der Waals surface area contributed by atoms with Crippen molar-refractivity contribution in [1.29, 1.82) is 0 Å². The summed E-state index contributed by atoms with van der Waals surface area (Å²) in [6.45, 7) is 0. The Labute approximate surface area is 99.9 Å². The first kappa shape index (κ1) is 11.2. The second-order valence-electron chi connectivity index (χ2n) is 4.11. The lowest BCUT2D eigenvalue weighted by atomic mass is 10.1. The second kappa shape index (κ2) is 3.52. The largest absolute Gasteiger partial charge is 0.416 e. The Kier molecular flexibility index (Phi) is 2.18. The maximum absolute atomic E-state index is 12.6. The topological polar surface area (TPSA) is 48.0 Å². The molecule has 1 aliphatic rings. The van der Waals surface area contributed by atoms with Gasteiger partial charge in [-0.3, -0.25) is 0 Å². The van der Waals surface area contributed by atoms with Crippen molar-refractivity contribution in [3.63, 3.8) is 0 Å². The Morgan fingerprint density at radius 2 is 2.00 bits per heavy atom. The number of nitrogens with one attached hydrogen (secondary N) is 2. The highest BCUT2D eigenvalue weighted by Crippen LogP contribution is 2.34. The van der Waals surface area contributed by atoms with Gasteiger partial charge < -0.3 is 15.4 Å². The number of H-pyrrole nitrogens is 1. The number of hydrogen-bond acceptors (Lipinski definition) is 2. The smallest absolute Gasteiger partial charge is 0.368 e. The summed E-state index contributed by atoms with van der Waals surface area (Å²) in [4.78, 5) is 2.81. The van der Waals surface area contributed by atoms with Crippen molar-refractivity contribution in [2.24, 2.45) is 0 Å². The van der Waals surface area contributed by atoms with Crippen molar-refractivity contribution in [3.05, 3.63) is 41.2 Å². The van der Waals surface area contributed by atoms with E-state index in [0.29, 0.717) is 22.2 Å². The minimum Gasteiger partial charge on any atom is -0.368 e. The maximum Gasteiger partial charge on any atom is 0.416 e. The van der Waals surface area contributed by atoms with Gasteiger partial charge in [0.25, 0.3) is 0 Å². The Morgan fingerprint density at radius 3 is 2.72 bits per heavy atom. The lowest BCUT2D eigenvalue weighted by molar-refractivity contribution is -0.137. The number of hydrogen-bond donors (Lipinski definition) is 3. The first-order chi connectivity index (χ1) is 8.47. The molecule has 6 heteroatoms. The van der Waals surface area contributed by atoms with Crippen LogP contribution in [0.1, 0.15) is 23.0 Å². The minimum atomic E-state index is -4.37. The molecule has 0 bridgehead atoms. The van der Waals surface area contributed by atoms with Gasteiger partial charge in [0.05, 0.1) is 11.3 Å². The van der Waals surface area contributed by atoms with Gasteiger partial charge in [0.1, 0.15) is 0 Å². The predicted molar refractivity (Wildman–Crippen MR) is 60.4 cm³/mol. The van der Waals surface area contributed by atoms with Crippen molar-refractivity contribution in [3.8, 4) is 0 Å². The third kappa shape index (κ3) is 1.57. The SMILES string of the molecule is OC1NC=Cc2c1[nH]c1cc(C(F)(F)F)ccc21. The van der Waals surface area contributed by atoms with Crippen molar-refractivity contribution >= 4 is 17.0 Å². The van der Waals surface area contributed by atoms with Gasteiger partial charge >= 0.3 is 6.18 Å². The van der Waals surface area contributed by atoms with Crippen LogP contribution in [0.25, 0.3) is 17.0 Å². The van der Waals surface area contributed by atoms with E-state index in [4.69, 9.17) is 0 Å². The summed E-state index contributed by atoms with van der Waals surface area (Å²) in [5.41, 5.74) is 0.846. The Bertz CT molecular complexity index is 643. The average molecular weight is 254 g/mol. The van der Waals surface area contributed by atoms with Crippen molar-refractivity contribution in [1.82, 2.24) is 10.3 Å². The van der Waals surface area contributed by atoms with E-state index < -0.39 is 18.0 Å². The van der Waals surface area contributed by atoms with Crippen LogP contribution >= 0.6 is 0 Å². The number of benzene rings is 1. The molecule has 0 spiro atoms. The Hall–Kier alpha value is -1.95. The summed E-state index contributed by atoms with van der Waals surface area (Å²) in [7, 11) is 0. The lowest BCUT2D eigenvalue weighted by Crippen LogP contribution is -2.18. The van der Waals surface area contributed by atoms with E-state index >= 15 is 0 Å². The highest BCUT2D eigenvalue weighted by Gasteiger charge is 2.31. The number of aliphatic hydroxyl groups excluding tert-OH is 1. The Balaban J connectivity index is 2.23. The van der Waals surface area contributed by atoms with E-state index in [9.17, 15) is 18.3 Å². The number of halogens is 3. The molecular formula is C12H9F3N2O. The van der Waals surface area contributed by atoms with E-state index in [-0.39, 0.29) is 0 Å². The molecule has 2 aromatic rings. The number of aromatic nitrogens is 1. The summed E-state index contributed by atoms with van der Waals surface area (Å²) >= 11 is 0. The summed E-state index contributed by atoms with van der Waals surface area (Å²) in [6, 6.07) is 3.50. The molecule has 0 aliphatic carbocycles. The van der Waals surface area contributed by atoms with Gasteiger partial charge in [-0.25, -0.2) is 0 Å². The average Bonchev–Trinajstić information content (AvgIpc) is 2.67. The third-order valence-electron chi connectivity index (χ3n) is 2.97. The summed E-state index contributed by atoms with van der Waals surface area (Å²) < 4.78 is 37.8. The van der Waals surface area contributed by atoms with Crippen LogP contribution in [0.15, 0.2) is 24.4 Å². The van der Waals surface area contributed by atoms with Crippen LogP contribution in [0.2, 0.25) is 0 Å². The van der Waals surface area contributed by atoms with E-state index in [1.54, 1.807) is 12.3 Å². The molecule has 94 valence electrons. The van der Waals surface area contributed by atoms with E-state index in [1.165, 1.54) is 6.07 Å². The molecule has 3 nitrogen and oxygen atoms in total. The molecule has 0 saturated heterocycles. The molecule has 18 heavy (non-hydrogen) atoms. The molecule has 0 amide bonds. The van der Waals surface area contributed by atoms with Crippen molar-refractivity contribution in [2.75, 3.05) is 0 Å². The zero-order valence-electron chi connectivity index (χ0n) is 9.05. The van der Waals surface area contributed by atoms with Gasteiger partial charge in [-0.15, -0.1) is 0 Å². The molecule has 3 N–H and O–H groups in total. The maximum atomic E-state index is 12.6. The zero-order chi connectivity index (χ0) is 12.9. The Morgan fingerprint density at radius 1 is 1.22 bits per heavy atom. The summed E-state index contributed by atoms with van der Waals surface area (Å²) in [5.74, 6) is 0. The van der Waals surface area contributed by atoms with Crippen LogP contribution in [0.5, 0.6) is 0 Å². The third-order valence-corrected chi connectivity index (χ3v) is 2.97. The van der Waals surface area contributed by atoms with E-state index in [1.807, 2.05) is 0 Å². The molecule has 0 fully saturated rings. The standard InChI is InChI=1S/C12H9F3N2O/c13-12(14,15)6-1-2-7-8-3-4-16-11(18)10(8)17-9(7)5-6/h1-5,11,16-18H. The minimum absolute atomic E-state index is 0.363. The highest BCUT2D eigenvalue weighted by atomic mass is 19.4. The molecule has 3 rings (SSSR count). The van der Waals surface area contributed by atoms with Gasteiger partial charge in [0.2, 0.25) is 0 Å². The number of aliphatic hydroxyl groups is 1. The molecule has 1 aromatic heterocycles. The predicted octanol–water partition coefficient (Wildman–Crippen LogP) is 2.75. The van der Waals surface area contributed by atoms with Crippen LogP contribution < -0.4 is 5.32 Å². The fourth-order valence-electron chi connectivity index (χ4n) is 2.12. The normalized spacial score (nSPS) is 18.8. The molecule has 1 atom stereocenters. The molecule has 0 radical (unpaired) electrons. The van der Waals surface area contributed by atoms with Gasteiger partial charge in [-0.1, -0.05) is 6.07 Å². The first-order valence-corrected chi connectivity index (χ1v) is 5.30. The quantitative estimate of drug-likeness (QED) is 0.677.